The van der Waals surface area contributed by atoms with E-state index in [0.29, 0.717) is 38.4 Å². The second kappa shape index (κ2) is 11.6. The molecule has 0 radical (unpaired) electrons. The van der Waals surface area contributed by atoms with Gasteiger partial charge in [0, 0.05) is 33.2 Å². The van der Waals surface area contributed by atoms with Gasteiger partial charge >= 0.3 is 5.97 Å². The number of hydrogen-bond acceptors (Lipinski definition) is 8. The molecule has 0 bridgehead atoms. The number of Topliss-reactive ketones (excluding diaryl/α,β-unsaturated/α-hetero) is 1. The summed E-state index contributed by atoms with van der Waals surface area (Å²) < 4.78 is 5.36. The van der Waals surface area contributed by atoms with Gasteiger partial charge < -0.3 is 4.74 Å². The molecule has 1 saturated carbocycles. The van der Waals surface area contributed by atoms with Gasteiger partial charge in [0.15, 0.2) is 6.61 Å². The number of pyridine rings is 1. The van der Waals surface area contributed by atoms with E-state index in [9.17, 15) is 29.3 Å². The Hall–Kier alpha value is -4.96. The van der Waals surface area contributed by atoms with Crippen molar-refractivity contribution >= 4 is 57.4 Å². The van der Waals surface area contributed by atoms with Crippen molar-refractivity contribution in [1.29, 1.82) is 0 Å². The Balaban J connectivity index is 1.27. The average Bonchev–Trinajstić information content (AvgIpc) is 3.28. The Morgan fingerprint density at radius 2 is 1.66 bits per heavy atom. The summed E-state index contributed by atoms with van der Waals surface area (Å²) >= 11 is 6.21. The van der Waals surface area contributed by atoms with Crippen molar-refractivity contribution in [1.82, 2.24) is 4.98 Å². The van der Waals surface area contributed by atoms with Crippen LogP contribution in [0.3, 0.4) is 0 Å². The highest BCUT2D eigenvalue weighted by atomic mass is 35.5. The maximum Gasteiger partial charge on any atom is 0.339 e. The van der Waals surface area contributed by atoms with Crippen LogP contribution in [0.1, 0.15) is 52.0 Å². The Bertz CT molecular complexity index is 1850. The summed E-state index contributed by atoms with van der Waals surface area (Å²) in [6.45, 7) is 0.932. The minimum Gasteiger partial charge on any atom is -0.454 e. The SMILES string of the molecule is Cc1ccc(C(=O)COC(=O)c2cc(-c3ccc(N4C(=O)C5CCCCC5C4=O)cc3)nc3ccc(Cl)cc23)cc1[N+](=O)[O-]. The van der Waals surface area contributed by atoms with Gasteiger partial charge in [-0.05, 0) is 56.2 Å². The number of nitro benzene ring substituents is 1. The van der Waals surface area contributed by atoms with E-state index in [1.54, 1.807) is 49.4 Å². The van der Waals surface area contributed by atoms with Crippen LogP contribution in [0, 0.1) is 28.9 Å². The first-order chi connectivity index (χ1) is 21.1. The fourth-order valence-electron chi connectivity index (χ4n) is 5.98. The highest BCUT2D eigenvalue weighted by Gasteiger charge is 2.48. The largest absolute Gasteiger partial charge is 0.454 e. The Kier molecular flexibility index (Phi) is 7.69. The molecule has 2 aliphatic rings. The molecule has 2 atom stereocenters. The number of hydrogen-bond donors (Lipinski definition) is 0. The summed E-state index contributed by atoms with van der Waals surface area (Å²) in [6.07, 6.45) is 3.34. The van der Waals surface area contributed by atoms with Crippen molar-refractivity contribution in [2.24, 2.45) is 11.8 Å². The van der Waals surface area contributed by atoms with Gasteiger partial charge in [-0.1, -0.05) is 48.7 Å². The van der Waals surface area contributed by atoms with Crippen molar-refractivity contribution < 1.29 is 28.8 Å². The highest BCUT2D eigenvalue weighted by molar-refractivity contribution is 6.31. The number of aryl methyl sites for hydroxylation is 1. The standard InChI is InChI=1S/C33H26ClN3O7/c1-18-6-7-20(14-29(18)37(42)43)30(38)17-44-33(41)26-16-28(35-27-13-10-21(34)15-25(26)27)19-8-11-22(12-9-19)36-31(39)23-4-2-3-5-24(23)32(36)40/h6-16,23-24H,2-5,17H2,1H3. The fraction of sp³-hybridized carbons (Fsp3) is 0.242. The Labute approximate surface area is 256 Å². The number of anilines is 1. The van der Waals surface area contributed by atoms with Crippen molar-refractivity contribution in [3.8, 4) is 11.3 Å². The first-order valence-electron chi connectivity index (χ1n) is 14.2. The van der Waals surface area contributed by atoms with Crippen molar-refractivity contribution in [3.05, 3.63) is 98.6 Å². The van der Waals surface area contributed by atoms with E-state index in [0.717, 1.165) is 31.7 Å². The van der Waals surface area contributed by atoms with Crippen LogP contribution in [-0.4, -0.2) is 40.1 Å². The lowest BCUT2D eigenvalue weighted by Crippen LogP contribution is -2.30. The molecule has 3 aromatic carbocycles. The van der Waals surface area contributed by atoms with Crippen molar-refractivity contribution in [2.45, 2.75) is 32.6 Å². The topological polar surface area (TPSA) is 137 Å². The number of aromatic nitrogens is 1. The van der Waals surface area contributed by atoms with Crippen molar-refractivity contribution in [2.75, 3.05) is 11.5 Å². The molecule has 2 amide bonds. The number of carbonyl (C=O) groups is 4. The molecule has 1 saturated heterocycles. The molecule has 0 N–H and O–H groups in total. The minimum atomic E-state index is -0.802. The summed E-state index contributed by atoms with van der Waals surface area (Å²) in [6, 6.07) is 17.3. The highest BCUT2D eigenvalue weighted by Crippen LogP contribution is 2.40. The summed E-state index contributed by atoms with van der Waals surface area (Å²) in [5, 5.41) is 12.1. The molecule has 0 spiro atoms. The molecule has 10 nitrogen and oxygen atoms in total. The van der Waals surface area contributed by atoms with Crippen LogP contribution >= 0.6 is 11.6 Å². The number of fused-ring (bicyclic) bond motifs is 2. The van der Waals surface area contributed by atoms with Gasteiger partial charge in [0.25, 0.3) is 5.69 Å². The van der Waals surface area contributed by atoms with Gasteiger partial charge in [0.05, 0.1) is 39.2 Å². The van der Waals surface area contributed by atoms with E-state index in [1.807, 2.05) is 0 Å². The van der Waals surface area contributed by atoms with E-state index in [-0.39, 0.29) is 40.5 Å². The molecule has 1 aromatic heterocycles. The molecule has 222 valence electrons. The van der Waals surface area contributed by atoms with E-state index in [2.05, 4.69) is 4.98 Å². The molecule has 44 heavy (non-hydrogen) atoms. The minimum absolute atomic E-state index is 0.0488. The van der Waals surface area contributed by atoms with Crippen LogP contribution in [0.4, 0.5) is 11.4 Å². The summed E-state index contributed by atoms with van der Waals surface area (Å²) in [7, 11) is 0. The summed E-state index contributed by atoms with van der Waals surface area (Å²) in [5.74, 6) is -2.23. The molecular weight excluding hydrogens is 586 g/mol. The van der Waals surface area contributed by atoms with Gasteiger partial charge in [-0.2, -0.15) is 0 Å². The Morgan fingerprint density at radius 3 is 2.32 bits per heavy atom. The zero-order chi connectivity index (χ0) is 31.1. The number of nitrogens with zero attached hydrogens (tertiary/aromatic N) is 3. The predicted molar refractivity (Wildman–Crippen MR) is 163 cm³/mol. The summed E-state index contributed by atoms with van der Waals surface area (Å²) in [5.41, 5.74) is 2.36. The van der Waals surface area contributed by atoms with Crippen LogP contribution in [0.2, 0.25) is 5.02 Å². The van der Waals surface area contributed by atoms with E-state index < -0.39 is 23.3 Å². The number of nitro groups is 1. The van der Waals surface area contributed by atoms with Crippen LogP contribution < -0.4 is 4.90 Å². The van der Waals surface area contributed by atoms with Gasteiger partial charge in [-0.25, -0.2) is 9.78 Å². The number of esters is 1. The Morgan fingerprint density at radius 1 is 0.977 bits per heavy atom. The van der Waals surface area contributed by atoms with Crippen LogP contribution in [-0.2, 0) is 14.3 Å². The molecule has 6 rings (SSSR count). The van der Waals surface area contributed by atoms with Gasteiger partial charge in [-0.3, -0.25) is 29.4 Å². The molecular formula is C33H26ClN3O7. The third kappa shape index (κ3) is 5.33. The number of halogens is 1. The van der Waals surface area contributed by atoms with Crippen LogP contribution in [0.15, 0.2) is 66.7 Å². The number of amides is 2. The third-order valence-corrected chi connectivity index (χ3v) is 8.55. The monoisotopic (exact) mass is 611 g/mol. The third-order valence-electron chi connectivity index (χ3n) is 8.32. The van der Waals surface area contributed by atoms with Crippen LogP contribution in [0.5, 0.6) is 0 Å². The first kappa shape index (κ1) is 29.1. The quantitative estimate of drug-likeness (QED) is 0.0760. The molecule has 11 heteroatoms. The van der Waals surface area contributed by atoms with Crippen LogP contribution in [0.25, 0.3) is 22.2 Å². The number of ether oxygens (including phenoxy) is 1. The van der Waals surface area contributed by atoms with Gasteiger partial charge in [0.2, 0.25) is 17.6 Å². The molecule has 2 heterocycles. The number of benzene rings is 3. The zero-order valence-electron chi connectivity index (χ0n) is 23.6. The fourth-order valence-corrected chi connectivity index (χ4v) is 6.16. The number of carbonyl (C=O) groups excluding carboxylic acids is 4. The molecule has 4 aromatic rings. The lowest BCUT2D eigenvalue weighted by atomic mass is 9.81. The maximum absolute atomic E-state index is 13.3. The van der Waals surface area contributed by atoms with Gasteiger partial charge in [0.1, 0.15) is 0 Å². The second-order valence-corrected chi connectivity index (χ2v) is 11.5. The predicted octanol–water partition coefficient (Wildman–Crippen LogP) is 6.49. The maximum atomic E-state index is 13.3. The number of ketones is 1. The molecule has 2 unspecified atom stereocenters. The first-order valence-corrected chi connectivity index (χ1v) is 14.5. The van der Waals surface area contributed by atoms with E-state index in [4.69, 9.17) is 16.3 Å². The van der Waals surface area contributed by atoms with Crippen molar-refractivity contribution in [3.63, 3.8) is 0 Å². The molecule has 2 fully saturated rings. The zero-order valence-corrected chi connectivity index (χ0v) is 24.4. The van der Waals surface area contributed by atoms with Gasteiger partial charge in [-0.15, -0.1) is 0 Å². The lowest BCUT2D eigenvalue weighted by molar-refractivity contribution is -0.385. The molecule has 1 aliphatic heterocycles. The smallest absolute Gasteiger partial charge is 0.339 e. The van der Waals surface area contributed by atoms with E-state index in [1.165, 1.54) is 23.1 Å². The number of rotatable bonds is 7. The lowest BCUT2D eigenvalue weighted by Gasteiger charge is -2.19. The normalized spacial score (nSPS) is 17.9. The summed E-state index contributed by atoms with van der Waals surface area (Å²) in [4.78, 5) is 68.8. The number of imide groups is 1. The van der Waals surface area contributed by atoms with E-state index >= 15 is 0 Å². The molecule has 1 aliphatic carbocycles. The second-order valence-electron chi connectivity index (χ2n) is 11.0. The average molecular weight is 612 g/mol.